The summed E-state index contributed by atoms with van der Waals surface area (Å²) < 4.78 is 26.2. The Hall–Kier alpha value is -1.98. The molecule has 1 unspecified atom stereocenters. The number of hydrogen-bond donors (Lipinski definition) is 1. The van der Waals surface area contributed by atoms with Gasteiger partial charge in [0.1, 0.15) is 11.0 Å². The summed E-state index contributed by atoms with van der Waals surface area (Å²) >= 11 is 0. The third-order valence-corrected chi connectivity index (χ3v) is 5.38. The smallest absolute Gasteiger partial charge is 0.307 e. The minimum atomic E-state index is -3.82. The van der Waals surface area contributed by atoms with E-state index in [1.54, 1.807) is 6.92 Å². The SMILES string of the molecule is Cc1ncc(S(=O)(=O)N2CCCC(C(=O)O)C2)cc1C#N. The van der Waals surface area contributed by atoms with E-state index < -0.39 is 21.9 Å². The van der Waals surface area contributed by atoms with Crippen molar-refractivity contribution in [3.8, 4) is 6.07 Å². The molecule has 21 heavy (non-hydrogen) atoms. The van der Waals surface area contributed by atoms with Crippen molar-refractivity contribution in [2.45, 2.75) is 24.7 Å². The lowest BCUT2D eigenvalue weighted by molar-refractivity contribution is -0.142. The summed E-state index contributed by atoms with van der Waals surface area (Å²) in [5.41, 5.74) is 0.654. The van der Waals surface area contributed by atoms with E-state index in [1.165, 1.54) is 12.3 Å². The first-order valence-electron chi connectivity index (χ1n) is 6.46. The zero-order chi connectivity index (χ0) is 15.6. The number of sulfonamides is 1. The van der Waals surface area contributed by atoms with Crippen LogP contribution in [-0.4, -0.2) is 41.9 Å². The van der Waals surface area contributed by atoms with E-state index in [9.17, 15) is 13.2 Å². The van der Waals surface area contributed by atoms with Crippen molar-refractivity contribution in [2.24, 2.45) is 5.92 Å². The summed E-state index contributed by atoms with van der Waals surface area (Å²) in [5.74, 6) is -1.68. The van der Waals surface area contributed by atoms with Crippen molar-refractivity contribution >= 4 is 16.0 Å². The highest BCUT2D eigenvalue weighted by Crippen LogP contribution is 2.24. The number of aliphatic carboxylic acids is 1. The second kappa shape index (κ2) is 5.79. The average molecular weight is 309 g/mol. The van der Waals surface area contributed by atoms with E-state index in [4.69, 9.17) is 10.4 Å². The van der Waals surface area contributed by atoms with Crippen LogP contribution >= 0.6 is 0 Å². The fourth-order valence-corrected chi connectivity index (χ4v) is 3.78. The van der Waals surface area contributed by atoms with Crippen LogP contribution in [0.5, 0.6) is 0 Å². The lowest BCUT2D eigenvalue weighted by Gasteiger charge is -2.29. The van der Waals surface area contributed by atoms with E-state index in [0.717, 1.165) is 4.31 Å². The van der Waals surface area contributed by atoms with Crippen LogP contribution in [-0.2, 0) is 14.8 Å². The molecule has 0 amide bonds. The summed E-state index contributed by atoms with van der Waals surface area (Å²) in [6.07, 6.45) is 2.17. The molecule has 1 aromatic rings. The topological polar surface area (TPSA) is 111 Å². The predicted molar refractivity (Wildman–Crippen MR) is 72.8 cm³/mol. The lowest BCUT2D eigenvalue weighted by atomic mass is 10.0. The number of hydrogen-bond acceptors (Lipinski definition) is 5. The summed E-state index contributed by atoms with van der Waals surface area (Å²) in [4.78, 5) is 14.9. The van der Waals surface area contributed by atoms with Crippen LogP contribution in [0.15, 0.2) is 17.2 Å². The number of aryl methyl sites for hydroxylation is 1. The Morgan fingerprint density at radius 1 is 1.57 bits per heavy atom. The molecule has 1 N–H and O–H groups in total. The largest absolute Gasteiger partial charge is 0.481 e. The number of carboxylic acids is 1. The van der Waals surface area contributed by atoms with Crippen molar-refractivity contribution in [1.82, 2.24) is 9.29 Å². The van der Waals surface area contributed by atoms with Gasteiger partial charge < -0.3 is 5.11 Å². The first-order valence-corrected chi connectivity index (χ1v) is 7.90. The molecule has 1 fully saturated rings. The molecule has 2 rings (SSSR count). The van der Waals surface area contributed by atoms with Gasteiger partial charge in [0.05, 0.1) is 17.2 Å². The third kappa shape index (κ3) is 3.04. The molecule has 0 aliphatic carbocycles. The maximum atomic E-state index is 12.5. The van der Waals surface area contributed by atoms with Gasteiger partial charge in [0.15, 0.2) is 0 Å². The molecular weight excluding hydrogens is 294 g/mol. The second-order valence-corrected chi connectivity index (χ2v) is 6.89. The number of nitriles is 1. The molecule has 1 aliphatic heterocycles. The lowest BCUT2D eigenvalue weighted by Crippen LogP contribution is -2.42. The van der Waals surface area contributed by atoms with Gasteiger partial charge in [-0.1, -0.05) is 0 Å². The Bertz CT molecular complexity index is 709. The van der Waals surface area contributed by atoms with Crippen LogP contribution in [0, 0.1) is 24.2 Å². The van der Waals surface area contributed by atoms with Gasteiger partial charge in [0, 0.05) is 19.3 Å². The number of nitrogens with zero attached hydrogens (tertiary/aromatic N) is 3. The van der Waals surface area contributed by atoms with Gasteiger partial charge in [-0.2, -0.15) is 9.57 Å². The fraction of sp³-hybridized carbons (Fsp3) is 0.462. The monoisotopic (exact) mass is 309 g/mol. The van der Waals surface area contributed by atoms with Gasteiger partial charge in [-0.05, 0) is 25.8 Å². The van der Waals surface area contributed by atoms with E-state index in [0.29, 0.717) is 18.5 Å². The minimum Gasteiger partial charge on any atom is -0.481 e. The zero-order valence-corrected chi connectivity index (χ0v) is 12.3. The van der Waals surface area contributed by atoms with Crippen molar-refractivity contribution < 1.29 is 18.3 Å². The highest BCUT2D eigenvalue weighted by molar-refractivity contribution is 7.89. The quantitative estimate of drug-likeness (QED) is 0.881. The Balaban J connectivity index is 2.34. The second-order valence-electron chi connectivity index (χ2n) is 4.96. The van der Waals surface area contributed by atoms with E-state index in [-0.39, 0.29) is 23.5 Å². The van der Waals surface area contributed by atoms with Crippen LogP contribution in [0.3, 0.4) is 0 Å². The van der Waals surface area contributed by atoms with Gasteiger partial charge in [-0.15, -0.1) is 0 Å². The highest BCUT2D eigenvalue weighted by atomic mass is 32.2. The van der Waals surface area contributed by atoms with Crippen molar-refractivity contribution in [1.29, 1.82) is 5.26 Å². The van der Waals surface area contributed by atoms with Gasteiger partial charge >= 0.3 is 5.97 Å². The molecule has 7 nitrogen and oxygen atoms in total. The van der Waals surface area contributed by atoms with Gasteiger partial charge in [-0.3, -0.25) is 9.78 Å². The van der Waals surface area contributed by atoms with Crippen molar-refractivity contribution in [3.63, 3.8) is 0 Å². The van der Waals surface area contributed by atoms with Gasteiger partial charge in [0.25, 0.3) is 0 Å². The summed E-state index contributed by atoms with van der Waals surface area (Å²) in [6.45, 7) is 1.85. The molecule has 1 aromatic heterocycles. The number of pyridine rings is 1. The zero-order valence-electron chi connectivity index (χ0n) is 11.5. The molecule has 1 aliphatic rings. The molecule has 0 bridgehead atoms. The Morgan fingerprint density at radius 3 is 2.90 bits per heavy atom. The standard InChI is InChI=1S/C13H15N3O4S/c1-9-11(6-14)5-12(7-15-9)21(19,20)16-4-2-3-10(8-16)13(17)18/h5,7,10H,2-4,8H2,1H3,(H,17,18). The van der Waals surface area contributed by atoms with Crippen LogP contribution in [0.4, 0.5) is 0 Å². The highest BCUT2D eigenvalue weighted by Gasteiger charge is 2.33. The van der Waals surface area contributed by atoms with Crippen LogP contribution in [0.1, 0.15) is 24.1 Å². The molecule has 0 radical (unpaired) electrons. The summed E-state index contributed by atoms with van der Waals surface area (Å²) in [7, 11) is -3.82. The third-order valence-electron chi connectivity index (χ3n) is 3.55. The fourth-order valence-electron chi connectivity index (χ4n) is 2.28. The number of piperidine rings is 1. The maximum absolute atomic E-state index is 12.5. The molecular formula is C13H15N3O4S. The molecule has 8 heteroatoms. The molecule has 112 valence electrons. The average Bonchev–Trinajstić information content (AvgIpc) is 2.47. The van der Waals surface area contributed by atoms with Crippen LogP contribution in [0.2, 0.25) is 0 Å². The molecule has 0 aromatic carbocycles. The molecule has 0 saturated carbocycles. The van der Waals surface area contributed by atoms with Crippen LogP contribution < -0.4 is 0 Å². The summed E-state index contributed by atoms with van der Waals surface area (Å²) in [6, 6.07) is 3.18. The molecule has 0 spiro atoms. The van der Waals surface area contributed by atoms with Crippen molar-refractivity contribution in [3.05, 3.63) is 23.5 Å². The molecule has 1 atom stereocenters. The number of carbonyl (C=O) groups is 1. The number of aromatic nitrogens is 1. The normalized spacial score (nSPS) is 19.9. The maximum Gasteiger partial charge on any atom is 0.307 e. The van der Waals surface area contributed by atoms with Crippen LogP contribution in [0.25, 0.3) is 0 Å². The van der Waals surface area contributed by atoms with Gasteiger partial charge in [0.2, 0.25) is 10.0 Å². The molecule has 2 heterocycles. The van der Waals surface area contributed by atoms with Crippen molar-refractivity contribution in [2.75, 3.05) is 13.1 Å². The number of rotatable bonds is 3. The Morgan fingerprint density at radius 2 is 2.29 bits per heavy atom. The first kappa shape index (κ1) is 15.4. The summed E-state index contributed by atoms with van der Waals surface area (Å²) in [5, 5.41) is 18.0. The first-order chi connectivity index (χ1) is 9.86. The van der Waals surface area contributed by atoms with Gasteiger partial charge in [-0.25, -0.2) is 8.42 Å². The van der Waals surface area contributed by atoms with E-state index in [1.807, 2.05) is 6.07 Å². The molecule has 1 saturated heterocycles. The number of carboxylic acid groups (broad SMARTS) is 1. The Kier molecular flexibility index (Phi) is 4.25. The minimum absolute atomic E-state index is 0.0482. The Labute approximate surface area is 122 Å². The van der Waals surface area contributed by atoms with E-state index in [2.05, 4.69) is 4.98 Å². The predicted octanol–water partition coefficient (Wildman–Crippen LogP) is 0.747. The van der Waals surface area contributed by atoms with E-state index >= 15 is 0 Å².